The molecule has 1 N–H and O–H groups in total. The molecule has 0 radical (unpaired) electrons. The minimum absolute atomic E-state index is 0.0343. The van der Waals surface area contributed by atoms with Crippen LogP contribution < -0.4 is 5.56 Å². The van der Waals surface area contributed by atoms with Crippen molar-refractivity contribution in [2.75, 3.05) is 13.1 Å². The molecule has 1 aliphatic heterocycles. The zero-order valence-electron chi connectivity index (χ0n) is 17.1. The van der Waals surface area contributed by atoms with Gasteiger partial charge in [0.05, 0.1) is 11.4 Å². The molecule has 6 nitrogen and oxygen atoms in total. The van der Waals surface area contributed by atoms with Gasteiger partial charge in [-0.2, -0.15) is 0 Å². The van der Waals surface area contributed by atoms with Crippen molar-refractivity contribution in [3.05, 3.63) is 70.6 Å². The molecule has 1 fully saturated rings. The van der Waals surface area contributed by atoms with Crippen molar-refractivity contribution >= 4 is 22.3 Å². The van der Waals surface area contributed by atoms with E-state index < -0.39 is 0 Å². The monoisotopic (exact) mass is 400 g/mol. The smallest absolute Gasteiger partial charge is 0.272 e. The molecule has 1 atom stereocenters. The molecule has 0 saturated carbocycles. The van der Waals surface area contributed by atoms with E-state index in [1.54, 1.807) is 6.07 Å². The van der Waals surface area contributed by atoms with Crippen LogP contribution in [0.15, 0.2) is 59.4 Å². The van der Waals surface area contributed by atoms with Crippen LogP contribution in [0.3, 0.4) is 0 Å². The third kappa shape index (κ3) is 3.28. The van der Waals surface area contributed by atoms with Gasteiger partial charge in [-0.1, -0.05) is 50.2 Å². The van der Waals surface area contributed by atoms with Crippen molar-refractivity contribution in [3.8, 4) is 11.3 Å². The van der Waals surface area contributed by atoms with Crippen LogP contribution in [-0.2, 0) is 4.79 Å². The van der Waals surface area contributed by atoms with Gasteiger partial charge in [0.2, 0.25) is 5.91 Å². The number of H-pyrrole nitrogens is 1. The third-order valence-electron chi connectivity index (χ3n) is 5.75. The molecule has 4 aromatic rings. The number of rotatable bonds is 4. The number of hydrogen-bond acceptors (Lipinski definition) is 3. The topological polar surface area (TPSA) is 70.5 Å². The van der Waals surface area contributed by atoms with E-state index in [0.717, 1.165) is 23.2 Å². The highest BCUT2D eigenvalue weighted by molar-refractivity contribution is 5.87. The summed E-state index contributed by atoms with van der Waals surface area (Å²) in [6.07, 6.45) is 0.414. The van der Waals surface area contributed by atoms with Gasteiger partial charge in [-0.25, -0.2) is 9.50 Å². The summed E-state index contributed by atoms with van der Waals surface area (Å²) in [6, 6.07) is 17.9. The maximum atomic E-state index is 12.7. The van der Waals surface area contributed by atoms with E-state index in [9.17, 15) is 9.59 Å². The van der Waals surface area contributed by atoms with Crippen LogP contribution in [-0.4, -0.2) is 38.5 Å². The first kappa shape index (κ1) is 18.6. The Balaban J connectivity index is 1.50. The molecule has 2 aromatic heterocycles. The molecule has 0 spiro atoms. The summed E-state index contributed by atoms with van der Waals surface area (Å²) in [4.78, 5) is 31.7. The van der Waals surface area contributed by atoms with E-state index in [2.05, 4.69) is 43.2 Å². The first-order valence-electron chi connectivity index (χ1n) is 10.4. The average molecular weight is 400 g/mol. The molecule has 1 aliphatic rings. The Morgan fingerprint density at radius 1 is 1.07 bits per heavy atom. The van der Waals surface area contributed by atoms with Gasteiger partial charge in [0.1, 0.15) is 0 Å². The second-order valence-electron chi connectivity index (χ2n) is 8.54. The highest BCUT2D eigenvalue weighted by atomic mass is 16.2. The zero-order chi connectivity index (χ0) is 20.8. The summed E-state index contributed by atoms with van der Waals surface area (Å²) in [6.45, 7) is 5.57. The minimum atomic E-state index is -0.156. The number of aromatic nitrogens is 3. The number of carbonyl (C=O) groups excluding carboxylic acids is 1. The van der Waals surface area contributed by atoms with Gasteiger partial charge in [0.25, 0.3) is 5.56 Å². The average Bonchev–Trinajstić information content (AvgIpc) is 3.31. The highest BCUT2D eigenvalue weighted by Crippen LogP contribution is 2.28. The summed E-state index contributed by atoms with van der Waals surface area (Å²) < 4.78 is 1.47. The van der Waals surface area contributed by atoms with Crippen molar-refractivity contribution in [3.63, 3.8) is 0 Å². The summed E-state index contributed by atoms with van der Waals surface area (Å²) in [5.74, 6) is 0.525. The van der Waals surface area contributed by atoms with Crippen LogP contribution in [0.1, 0.15) is 31.9 Å². The fourth-order valence-electron chi connectivity index (χ4n) is 4.31. The summed E-state index contributed by atoms with van der Waals surface area (Å²) in [5.41, 5.74) is 2.96. The number of amides is 1. The predicted molar refractivity (Wildman–Crippen MR) is 118 cm³/mol. The molecule has 1 unspecified atom stereocenters. The molecule has 0 aliphatic carbocycles. The van der Waals surface area contributed by atoms with Crippen molar-refractivity contribution in [1.82, 2.24) is 19.5 Å². The van der Waals surface area contributed by atoms with Gasteiger partial charge in [0, 0.05) is 43.1 Å². The van der Waals surface area contributed by atoms with Gasteiger partial charge in [-0.05, 0) is 22.8 Å². The fraction of sp³-hybridized carbons (Fsp3) is 0.292. The van der Waals surface area contributed by atoms with Crippen LogP contribution in [0.5, 0.6) is 0 Å². The minimum Gasteiger partial charge on any atom is -0.342 e. The standard InChI is InChI=1S/C24H24N4O2/c1-15(2)13-27-14-19(10-23(27)29)20-12-24(30)28-22(25-20)11-21(26-28)18-8-7-16-5-3-4-6-17(16)9-18/h3-9,11-12,15,19,26H,10,13-14H2,1-2H3. The molecule has 1 saturated heterocycles. The second kappa shape index (κ2) is 7.13. The van der Waals surface area contributed by atoms with E-state index in [4.69, 9.17) is 4.98 Å². The van der Waals surface area contributed by atoms with Crippen molar-refractivity contribution in [2.24, 2.45) is 5.92 Å². The number of carbonyl (C=O) groups is 1. The van der Waals surface area contributed by atoms with E-state index in [0.29, 0.717) is 30.2 Å². The Morgan fingerprint density at radius 2 is 1.87 bits per heavy atom. The lowest BCUT2D eigenvalue weighted by molar-refractivity contribution is -0.128. The van der Waals surface area contributed by atoms with Crippen LogP contribution >= 0.6 is 0 Å². The first-order valence-corrected chi connectivity index (χ1v) is 10.4. The Kier molecular flexibility index (Phi) is 4.42. The highest BCUT2D eigenvalue weighted by Gasteiger charge is 2.32. The normalized spacial score (nSPS) is 17.0. The Morgan fingerprint density at radius 3 is 2.67 bits per heavy atom. The van der Waals surface area contributed by atoms with E-state index >= 15 is 0 Å². The third-order valence-corrected chi connectivity index (χ3v) is 5.75. The lowest BCUT2D eigenvalue weighted by Gasteiger charge is -2.18. The number of nitrogens with one attached hydrogen (secondary N) is 1. The number of hydrogen-bond donors (Lipinski definition) is 1. The number of aromatic amines is 1. The summed E-state index contributed by atoms with van der Waals surface area (Å²) in [7, 11) is 0. The zero-order valence-corrected chi connectivity index (χ0v) is 17.1. The fourth-order valence-corrected chi connectivity index (χ4v) is 4.31. The van der Waals surface area contributed by atoms with Crippen LogP contribution in [0.4, 0.5) is 0 Å². The van der Waals surface area contributed by atoms with Gasteiger partial charge < -0.3 is 4.90 Å². The quantitative estimate of drug-likeness (QED) is 0.566. The van der Waals surface area contributed by atoms with Crippen molar-refractivity contribution < 1.29 is 4.79 Å². The largest absolute Gasteiger partial charge is 0.342 e. The number of nitrogens with zero attached hydrogens (tertiary/aromatic N) is 3. The molecular formula is C24H24N4O2. The lowest BCUT2D eigenvalue weighted by atomic mass is 10.0. The molecule has 3 heterocycles. The van der Waals surface area contributed by atoms with E-state index in [-0.39, 0.29) is 17.4 Å². The van der Waals surface area contributed by atoms with Gasteiger partial charge in [-0.15, -0.1) is 0 Å². The van der Waals surface area contributed by atoms with Crippen LogP contribution in [0.25, 0.3) is 27.7 Å². The Hall–Kier alpha value is -3.41. The Labute approximate surface area is 174 Å². The maximum Gasteiger partial charge on any atom is 0.272 e. The van der Waals surface area contributed by atoms with Crippen molar-refractivity contribution in [2.45, 2.75) is 26.2 Å². The Bertz CT molecular complexity index is 1320. The number of benzene rings is 2. The summed E-state index contributed by atoms with van der Waals surface area (Å²) in [5, 5.41) is 5.49. The summed E-state index contributed by atoms with van der Waals surface area (Å²) >= 11 is 0. The lowest BCUT2D eigenvalue weighted by Crippen LogP contribution is -2.29. The molecule has 6 heteroatoms. The SMILES string of the molecule is CC(C)CN1CC(c2cc(=O)n3[nH]c(-c4ccc5ccccc5c4)cc3n2)CC1=O. The molecule has 5 rings (SSSR count). The molecule has 1 amide bonds. The van der Waals surface area contributed by atoms with Gasteiger partial charge >= 0.3 is 0 Å². The molecule has 0 bridgehead atoms. The van der Waals surface area contributed by atoms with Gasteiger partial charge in [-0.3, -0.25) is 14.7 Å². The molecule has 152 valence electrons. The van der Waals surface area contributed by atoms with Crippen LogP contribution in [0.2, 0.25) is 0 Å². The van der Waals surface area contributed by atoms with E-state index in [1.165, 1.54) is 9.90 Å². The van der Waals surface area contributed by atoms with Crippen molar-refractivity contribution in [1.29, 1.82) is 0 Å². The van der Waals surface area contributed by atoms with Gasteiger partial charge in [0.15, 0.2) is 5.65 Å². The molecule has 30 heavy (non-hydrogen) atoms. The number of likely N-dealkylation sites (tertiary alicyclic amines) is 1. The predicted octanol–water partition coefficient (Wildman–Crippen LogP) is 3.81. The number of fused-ring (bicyclic) bond motifs is 2. The second-order valence-corrected chi connectivity index (χ2v) is 8.54. The molecular weight excluding hydrogens is 376 g/mol. The maximum absolute atomic E-state index is 12.7. The first-order chi connectivity index (χ1) is 14.5. The molecule has 2 aromatic carbocycles. The van der Waals surface area contributed by atoms with Crippen LogP contribution in [0, 0.1) is 5.92 Å². The van der Waals surface area contributed by atoms with E-state index in [1.807, 2.05) is 29.2 Å².